The molecule has 6 rings (SSSR count). The lowest BCUT2D eigenvalue weighted by molar-refractivity contribution is -0.0299. The number of ether oxygens (including phenoxy) is 1. The van der Waals surface area contributed by atoms with Crippen molar-refractivity contribution < 1.29 is 14.6 Å². The van der Waals surface area contributed by atoms with E-state index in [0.29, 0.717) is 65.9 Å². The Morgan fingerprint density at radius 3 is 2.49 bits per heavy atom. The van der Waals surface area contributed by atoms with Gasteiger partial charge in [0.05, 0.1) is 36.8 Å². The molecule has 4 heterocycles. The fourth-order valence-corrected chi connectivity index (χ4v) is 6.08. The van der Waals surface area contributed by atoms with E-state index in [0.717, 1.165) is 11.3 Å². The Hall–Kier alpha value is -3.21. The molecule has 0 spiro atoms. The van der Waals surface area contributed by atoms with E-state index >= 15 is 0 Å². The number of aromatic nitrogens is 3. The van der Waals surface area contributed by atoms with E-state index in [1.807, 2.05) is 24.3 Å². The molecule has 0 bridgehead atoms. The maximum atomic E-state index is 13.5. The second kappa shape index (κ2) is 11.2. The number of carbonyl (C=O) groups is 1. The Bertz CT molecular complexity index is 1630. The first kappa shape index (κ1) is 27.9. The average molecular weight is 597 g/mol. The zero-order valence-corrected chi connectivity index (χ0v) is 24.1. The normalized spacial score (nSPS) is 20.8. The van der Waals surface area contributed by atoms with Crippen molar-refractivity contribution in [2.24, 2.45) is 0 Å². The molecule has 2 aliphatic heterocycles. The monoisotopic (exact) mass is 595 g/mol. The topological polar surface area (TPSA) is 102 Å². The van der Waals surface area contributed by atoms with Crippen molar-refractivity contribution in [2.45, 2.75) is 44.0 Å². The highest BCUT2D eigenvalue weighted by atomic mass is 35.5. The van der Waals surface area contributed by atoms with Crippen molar-refractivity contribution in [1.82, 2.24) is 24.3 Å². The van der Waals surface area contributed by atoms with Crippen LogP contribution in [-0.4, -0.2) is 68.0 Å². The molecule has 2 atom stereocenters. The maximum Gasteiger partial charge on any atom is 0.262 e. The number of carbonyl (C=O) groups excluding carboxylic acids is 1. The molecule has 1 amide bonds. The van der Waals surface area contributed by atoms with E-state index in [2.05, 4.69) is 17.2 Å². The lowest BCUT2D eigenvalue weighted by Crippen LogP contribution is -2.49. The van der Waals surface area contributed by atoms with Gasteiger partial charge < -0.3 is 20.1 Å². The summed E-state index contributed by atoms with van der Waals surface area (Å²) in [6.45, 7) is 4.23. The molecule has 2 aromatic carbocycles. The summed E-state index contributed by atoms with van der Waals surface area (Å²) in [7, 11) is 0. The lowest BCUT2D eigenvalue weighted by Gasteiger charge is -2.38. The zero-order chi connectivity index (χ0) is 28.7. The number of hydrogen-bond donors (Lipinski definition) is 2. The summed E-state index contributed by atoms with van der Waals surface area (Å²) in [6, 6.07) is 16.7. The minimum absolute atomic E-state index is 0.0735. The van der Waals surface area contributed by atoms with Crippen LogP contribution in [0.2, 0.25) is 10.2 Å². The number of nitrogens with zero attached hydrogens (tertiary/aromatic N) is 4. The second-order valence-corrected chi connectivity index (χ2v) is 11.8. The predicted octanol–water partition coefficient (Wildman–Crippen LogP) is 4.21. The molecule has 0 saturated carbocycles. The minimum Gasteiger partial charge on any atom is -0.388 e. The summed E-state index contributed by atoms with van der Waals surface area (Å²) in [4.78, 5) is 32.6. The van der Waals surface area contributed by atoms with Gasteiger partial charge in [0.25, 0.3) is 11.5 Å². The van der Waals surface area contributed by atoms with Crippen LogP contribution in [0.4, 0.5) is 0 Å². The number of nitrogens with one attached hydrogen (secondary N) is 1. The number of halogens is 2. The van der Waals surface area contributed by atoms with Crippen LogP contribution in [0.3, 0.4) is 0 Å². The van der Waals surface area contributed by atoms with Crippen LogP contribution in [0.1, 0.15) is 41.7 Å². The molecule has 2 aromatic heterocycles. The molecular formula is C30H31Cl2N5O4. The third-order valence-corrected chi connectivity index (χ3v) is 8.50. The Balaban J connectivity index is 1.18. The fraction of sp³-hybridized carbons (Fsp3) is 0.367. The number of aliphatic hydroxyl groups is 1. The van der Waals surface area contributed by atoms with Crippen LogP contribution in [0.15, 0.2) is 65.7 Å². The highest BCUT2D eigenvalue weighted by Crippen LogP contribution is 2.28. The number of morpholine rings is 1. The molecule has 214 valence electrons. The molecule has 0 radical (unpaired) electrons. The van der Waals surface area contributed by atoms with Crippen LogP contribution in [0.5, 0.6) is 0 Å². The molecule has 41 heavy (non-hydrogen) atoms. The molecule has 11 heteroatoms. The number of amides is 1. The van der Waals surface area contributed by atoms with Crippen molar-refractivity contribution in [3.63, 3.8) is 0 Å². The first-order chi connectivity index (χ1) is 19.7. The van der Waals surface area contributed by atoms with Crippen molar-refractivity contribution >= 4 is 40.1 Å². The molecule has 2 saturated heterocycles. The molecular weight excluding hydrogens is 565 g/mol. The Morgan fingerprint density at radius 2 is 1.80 bits per heavy atom. The summed E-state index contributed by atoms with van der Waals surface area (Å²) in [5.41, 5.74) is 1.48. The Morgan fingerprint density at radius 1 is 1.10 bits per heavy atom. The molecule has 2 fully saturated rings. The summed E-state index contributed by atoms with van der Waals surface area (Å²) in [5, 5.41) is 16.2. The fourth-order valence-electron chi connectivity index (χ4n) is 5.67. The largest absolute Gasteiger partial charge is 0.388 e. The van der Waals surface area contributed by atoms with E-state index in [-0.39, 0.29) is 30.1 Å². The molecule has 2 aliphatic rings. The molecule has 0 unspecified atom stereocenters. The van der Waals surface area contributed by atoms with Gasteiger partial charge in [0, 0.05) is 35.4 Å². The van der Waals surface area contributed by atoms with E-state index in [1.54, 1.807) is 39.8 Å². The number of piperidine rings is 1. The number of rotatable bonds is 5. The summed E-state index contributed by atoms with van der Waals surface area (Å²) >= 11 is 12.5. The van der Waals surface area contributed by atoms with Crippen molar-refractivity contribution in [3.8, 4) is 5.69 Å². The first-order valence-electron chi connectivity index (χ1n) is 13.7. The summed E-state index contributed by atoms with van der Waals surface area (Å²) in [5.74, 6) is -0.106. The van der Waals surface area contributed by atoms with E-state index in [9.17, 15) is 14.7 Å². The van der Waals surface area contributed by atoms with Gasteiger partial charge in [0.1, 0.15) is 11.5 Å². The number of hydrogen-bond acceptors (Lipinski definition) is 6. The summed E-state index contributed by atoms with van der Waals surface area (Å²) in [6.07, 6.45) is 2.13. The van der Waals surface area contributed by atoms with Crippen molar-refractivity contribution in [1.29, 1.82) is 0 Å². The van der Waals surface area contributed by atoms with Gasteiger partial charge in [-0.3, -0.25) is 18.7 Å². The standard InChI is InChI=1S/C30H31Cl2N5O4/c1-19-15-41-16-25(34-19)20-4-8-23(9-5-20)37-26(32)14-24-27(37)33-18-36(29(24)39)17-30(40)10-12-35(13-11-30)28(38)21-2-6-22(31)7-3-21/h2-9,14,18-19,25,34,40H,10-13,15-17H2,1H3/t19-,25-/m0/s1. The number of likely N-dealkylation sites (tertiary alicyclic amines) is 1. The molecule has 4 aromatic rings. The van der Waals surface area contributed by atoms with Crippen LogP contribution in [0.25, 0.3) is 16.7 Å². The van der Waals surface area contributed by atoms with Gasteiger partial charge in [-0.05, 0) is 67.8 Å². The van der Waals surface area contributed by atoms with Crippen LogP contribution < -0.4 is 10.9 Å². The van der Waals surface area contributed by atoms with Crippen molar-refractivity contribution in [3.05, 3.63) is 92.6 Å². The third-order valence-electron chi connectivity index (χ3n) is 7.97. The number of benzene rings is 2. The Kier molecular flexibility index (Phi) is 7.65. The minimum atomic E-state index is -1.15. The molecule has 0 aliphatic carbocycles. The highest BCUT2D eigenvalue weighted by molar-refractivity contribution is 6.31. The molecule has 2 N–H and O–H groups in total. The predicted molar refractivity (Wildman–Crippen MR) is 158 cm³/mol. The zero-order valence-electron chi connectivity index (χ0n) is 22.6. The van der Waals surface area contributed by atoms with E-state index in [4.69, 9.17) is 27.9 Å². The highest BCUT2D eigenvalue weighted by Gasteiger charge is 2.35. The lowest BCUT2D eigenvalue weighted by atomic mass is 9.91. The van der Waals surface area contributed by atoms with Gasteiger partial charge in [-0.25, -0.2) is 4.98 Å². The van der Waals surface area contributed by atoms with Crippen LogP contribution >= 0.6 is 23.2 Å². The Labute approximate surface area is 247 Å². The van der Waals surface area contributed by atoms with Gasteiger partial charge in [-0.15, -0.1) is 0 Å². The SMILES string of the molecule is C[C@H]1COC[C@@H](c2ccc(-n3c(Cl)cc4c(=O)n(CC5(O)CCN(C(=O)c6ccc(Cl)cc6)CC5)cnc43)cc2)N1. The second-order valence-electron chi connectivity index (χ2n) is 11.0. The quantitative estimate of drug-likeness (QED) is 0.358. The average Bonchev–Trinajstić information content (AvgIpc) is 3.31. The maximum absolute atomic E-state index is 13.5. The van der Waals surface area contributed by atoms with E-state index < -0.39 is 5.60 Å². The first-order valence-corrected chi connectivity index (χ1v) is 14.4. The third kappa shape index (κ3) is 5.65. The van der Waals surface area contributed by atoms with Gasteiger partial charge in [0.15, 0.2) is 5.65 Å². The van der Waals surface area contributed by atoms with Gasteiger partial charge >= 0.3 is 0 Å². The number of fused-ring (bicyclic) bond motifs is 1. The van der Waals surface area contributed by atoms with Crippen LogP contribution in [-0.2, 0) is 11.3 Å². The molecule has 9 nitrogen and oxygen atoms in total. The van der Waals surface area contributed by atoms with Gasteiger partial charge in [-0.2, -0.15) is 0 Å². The van der Waals surface area contributed by atoms with E-state index in [1.165, 1.54) is 10.9 Å². The smallest absolute Gasteiger partial charge is 0.262 e. The van der Waals surface area contributed by atoms with Crippen molar-refractivity contribution in [2.75, 3.05) is 26.3 Å². The van der Waals surface area contributed by atoms with Gasteiger partial charge in [-0.1, -0.05) is 35.3 Å². The summed E-state index contributed by atoms with van der Waals surface area (Å²) < 4.78 is 8.85. The van der Waals surface area contributed by atoms with Gasteiger partial charge in [0.2, 0.25) is 0 Å². The van der Waals surface area contributed by atoms with Crippen LogP contribution in [0, 0.1) is 0 Å².